The molecule has 2 amide bonds. The van der Waals surface area contributed by atoms with Gasteiger partial charge in [0.1, 0.15) is 0 Å². The van der Waals surface area contributed by atoms with Gasteiger partial charge in [-0.2, -0.15) is 0 Å². The summed E-state index contributed by atoms with van der Waals surface area (Å²) in [6.45, 7) is 1.54. The summed E-state index contributed by atoms with van der Waals surface area (Å²) in [5.41, 5.74) is 5.13. The van der Waals surface area contributed by atoms with Gasteiger partial charge in [0.05, 0.1) is 5.92 Å². The third kappa shape index (κ3) is 3.70. The number of esters is 1. The van der Waals surface area contributed by atoms with E-state index in [4.69, 9.17) is 4.74 Å². The topological polar surface area (TPSA) is 84.5 Å². The molecule has 4 aliphatic rings. The van der Waals surface area contributed by atoms with Gasteiger partial charge in [-0.1, -0.05) is 18.2 Å². The van der Waals surface area contributed by atoms with Crippen LogP contribution in [-0.4, -0.2) is 23.9 Å². The molecule has 0 saturated heterocycles. The highest BCUT2D eigenvalue weighted by Crippen LogP contribution is 2.56. The minimum absolute atomic E-state index is 0.0630. The van der Waals surface area contributed by atoms with Crippen LogP contribution in [0.15, 0.2) is 30.3 Å². The van der Waals surface area contributed by atoms with Gasteiger partial charge >= 0.3 is 5.97 Å². The minimum Gasteiger partial charge on any atom is -0.452 e. The Bertz CT molecular complexity index is 705. The van der Waals surface area contributed by atoms with Crippen molar-refractivity contribution in [2.24, 2.45) is 29.6 Å². The monoisotopic (exact) mass is 370 g/mol. The molecule has 0 unspecified atom stereocenters. The molecule has 6 nitrogen and oxygen atoms in total. The zero-order valence-corrected chi connectivity index (χ0v) is 15.5. The predicted octanol–water partition coefficient (Wildman–Crippen LogP) is 2.45. The van der Waals surface area contributed by atoms with Crippen molar-refractivity contribution in [2.45, 2.75) is 45.1 Å². The molecule has 4 fully saturated rings. The number of carbonyl (C=O) groups is 3. The van der Waals surface area contributed by atoms with E-state index in [1.807, 2.05) is 0 Å². The van der Waals surface area contributed by atoms with Gasteiger partial charge in [-0.05, 0) is 74.8 Å². The number of nitrogens with one attached hydrogen (secondary N) is 2. The third-order valence-electron chi connectivity index (χ3n) is 6.50. The first-order chi connectivity index (χ1) is 13.0. The van der Waals surface area contributed by atoms with Crippen molar-refractivity contribution in [1.29, 1.82) is 0 Å². The van der Waals surface area contributed by atoms with Gasteiger partial charge < -0.3 is 4.74 Å². The highest BCUT2D eigenvalue weighted by Gasteiger charge is 2.51. The van der Waals surface area contributed by atoms with Crippen LogP contribution in [0.3, 0.4) is 0 Å². The molecule has 4 aliphatic carbocycles. The number of hydrogen-bond donors (Lipinski definition) is 2. The SMILES string of the molecule is C[C@@H](OC(=O)C1C2CC3CC(C2)CC1C3)C(=O)NNC(=O)c1ccccc1. The molecule has 0 heterocycles. The molecule has 1 aromatic rings. The van der Waals surface area contributed by atoms with Crippen LogP contribution in [0.5, 0.6) is 0 Å². The second kappa shape index (κ2) is 7.33. The van der Waals surface area contributed by atoms with E-state index in [2.05, 4.69) is 10.9 Å². The van der Waals surface area contributed by atoms with Gasteiger partial charge in [-0.3, -0.25) is 25.2 Å². The summed E-state index contributed by atoms with van der Waals surface area (Å²) in [5.74, 6) is 1.15. The van der Waals surface area contributed by atoms with E-state index in [9.17, 15) is 14.4 Å². The molecule has 0 spiro atoms. The van der Waals surface area contributed by atoms with E-state index >= 15 is 0 Å². The quantitative estimate of drug-likeness (QED) is 0.630. The van der Waals surface area contributed by atoms with Crippen LogP contribution in [0.25, 0.3) is 0 Å². The molecule has 144 valence electrons. The third-order valence-corrected chi connectivity index (χ3v) is 6.50. The lowest BCUT2D eigenvalue weighted by Gasteiger charge is -2.53. The lowest BCUT2D eigenvalue weighted by Crippen LogP contribution is -2.50. The molecule has 4 bridgehead atoms. The standard InChI is InChI=1S/C21H26N2O4/c1-12(19(24)22-23-20(25)15-5-3-2-4-6-15)27-21(26)18-16-8-13-7-14(10-16)11-17(18)9-13/h2-6,12-14,16-18H,7-11H2,1H3,(H,22,24)(H,23,25)/t12-,13?,14?,16?,17?,18?/m1/s1. The Balaban J connectivity index is 1.28. The Hall–Kier alpha value is -2.37. The predicted molar refractivity (Wildman–Crippen MR) is 98.1 cm³/mol. The summed E-state index contributed by atoms with van der Waals surface area (Å²) in [6.07, 6.45) is 4.89. The molecule has 4 saturated carbocycles. The lowest BCUT2D eigenvalue weighted by atomic mass is 9.52. The maximum absolute atomic E-state index is 12.7. The van der Waals surface area contributed by atoms with Gasteiger partial charge in [0, 0.05) is 5.56 Å². The molecule has 0 aromatic heterocycles. The van der Waals surface area contributed by atoms with E-state index in [-0.39, 0.29) is 11.9 Å². The highest BCUT2D eigenvalue weighted by atomic mass is 16.5. The Kier molecular flexibility index (Phi) is 4.89. The molecular weight excluding hydrogens is 344 g/mol. The smallest absolute Gasteiger partial charge is 0.310 e. The van der Waals surface area contributed by atoms with E-state index in [1.165, 1.54) is 13.3 Å². The van der Waals surface area contributed by atoms with Crippen LogP contribution < -0.4 is 10.9 Å². The van der Waals surface area contributed by atoms with Crippen molar-refractivity contribution >= 4 is 17.8 Å². The van der Waals surface area contributed by atoms with Crippen LogP contribution in [-0.2, 0) is 14.3 Å². The van der Waals surface area contributed by atoms with Crippen molar-refractivity contribution in [3.05, 3.63) is 35.9 Å². The maximum Gasteiger partial charge on any atom is 0.310 e. The Labute approximate surface area is 159 Å². The number of amides is 2. The average Bonchev–Trinajstić information content (AvgIpc) is 2.65. The Morgan fingerprint density at radius 1 is 0.926 bits per heavy atom. The van der Waals surface area contributed by atoms with Crippen LogP contribution in [0, 0.1) is 29.6 Å². The summed E-state index contributed by atoms with van der Waals surface area (Å²) in [6, 6.07) is 8.59. The number of ether oxygens (including phenoxy) is 1. The number of carbonyl (C=O) groups excluding carboxylic acids is 3. The van der Waals surface area contributed by atoms with Crippen LogP contribution in [0.1, 0.15) is 49.4 Å². The molecule has 27 heavy (non-hydrogen) atoms. The van der Waals surface area contributed by atoms with Gasteiger partial charge in [0.2, 0.25) is 0 Å². The van der Waals surface area contributed by atoms with E-state index in [0.717, 1.165) is 37.5 Å². The van der Waals surface area contributed by atoms with Crippen LogP contribution >= 0.6 is 0 Å². The molecule has 0 aliphatic heterocycles. The van der Waals surface area contributed by atoms with Crippen molar-refractivity contribution in [1.82, 2.24) is 10.9 Å². The summed E-state index contributed by atoms with van der Waals surface area (Å²) < 4.78 is 5.47. The Morgan fingerprint density at radius 2 is 1.52 bits per heavy atom. The van der Waals surface area contributed by atoms with Crippen molar-refractivity contribution < 1.29 is 19.1 Å². The highest BCUT2D eigenvalue weighted by molar-refractivity contribution is 5.95. The molecule has 6 heteroatoms. The first-order valence-electron chi connectivity index (χ1n) is 9.87. The molecule has 1 atom stereocenters. The van der Waals surface area contributed by atoms with E-state index in [1.54, 1.807) is 30.3 Å². The second-order valence-corrected chi connectivity index (χ2v) is 8.35. The van der Waals surface area contributed by atoms with Crippen molar-refractivity contribution in [2.75, 3.05) is 0 Å². The zero-order valence-electron chi connectivity index (χ0n) is 15.5. The summed E-state index contributed by atoms with van der Waals surface area (Å²) in [4.78, 5) is 36.9. The fraction of sp³-hybridized carbons (Fsp3) is 0.571. The van der Waals surface area contributed by atoms with Crippen LogP contribution in [0.2, 0.25) is 0 Å². The first kappa shape index (κ1) is 18.0. The summed E-state index contributed by atoms with van der Waals surface area (Å²) in [5, 5.41) is 0. The van der Waals surface area contributed by atoms with Gasteiger partial charge in [0.25, 0.3) is 11.8 Å². The summed E-state index contributed by atoms with van der Waals surface area (Å²) in [7, 11) is 0. The molecule has 5 rings (SSSR count). The maximum atomic E-state index is 12.7. The largest absolute Gasteiger partial charge is 0.452 e. The molecular formula is C21H26N2O4. The van der Waals surface area contributed by atoms with Crippen molar-refractivity contribution in [3.63, 3.8) is 0 Å². The molecule has 2 N–H and O–H groups in total. The van der Waals surface area contributed by atoms with Gasteiger partial charge in [0.15, 0.2) is 6.10 Å². The average molecular weight is 370 g/mol. The second-order valence-electron chi connectivity index (χ2n) is 8.35. The van der Waals surface area contributed by atoms with Crippen LogP contribution in [0.4, 0.5) is 0 Å². The van der Waals surface area contributed by atoms with Gasteiger partial charge in [-0.15, -0.1) is 0 Å². The van der Waals surface area contributed by atoms with E-state index in [0.29, 0.717) is 17.4 Å². The first-order valence-corrected chi connectivity index (χ1v) is 9.87. The molecule has 1 aromatic carbocycles. The fourth-order valence-corrected chi connectivity index (χ4v) is 5.50. The number of hydrazine groups is 1. The van der Waals surface area contributed by atoms with Gasteiger partial charge in [-0.25, -0.2) is 0 Å². The molecule has 0 radical (unpaired) electrons. The van der Waals surface area contributed by atoms with Crippen molar-refractivity contribution in [3.8, 4) is 0 Å². The Morgan fingerprint density at radius 3 is 2.11 bits per heavy atom. The minimum atomic E-state index is -0.939. The number of benzene rings is 1. The number of rotatable bonds is 4. The summed E-state index contributed by atoms with van der Waals surface area (Å²) >= 11 is 0. The normalized spacial score (nSPS) is 31.8. The van der Waals surface area contributed by atoms with E-state index < -0.39 is 17.9 Å². The lowest BCUT2D eigenvalue weighted by molar-refractivity contribution is -0.170. The zero-order chi connectivity index (χ0) is 19.0. The number of hydrogen-bond acceptors (Lipinski definition) is 4. The fourth-order valence-electron chi connectivity index (χ4n) is 5.50.